The molecule has 1 spiro atoms. The monoisotopic (exact) mass is 635 g/mol. The molecule has 0 unspecified atom stereocenters. The maximum atomic E-state index is 5.11. The second-order valence-electron chi connectivity index (χ2n) is 12.0. The van der Waals surface area contributed by atoms with Gasteiger partial charge in [0.05, 0.1) is 5.41 Å². The van der Waals surface area contributed by atoms with Crippen LogP contribution in [0.15, 0.2) is 161 Å². The number of fused-ring (bicyclic) bond motifs is 11. The average molecular weight is 636 g/mol. The van der Waals surface area contributed by atoms with Gasteiger partial charge in [-0.25, -0.2) is 15.0 Å². The van der Waals surface area contributed by atoms with Gasteiger partial charge in [-0.15, -0.1) is 11.3 Å². The average Bonchev–Trinajstić information content (AvgIpc) is 3.74. The molecule has 8 aromatic rings. The van der Waals surface area contributed by atoms with Crippen molar-refractivity contribution in [3.8, 4) is 45.3 Å². The van der Waals surface area contributed by atoms with Crippen molar-refractivity contribution >= 4 is 33.2 Å². The largest absolute Gasteiger partial charge is 0.208 e. The minimum absolute atomic E-state index is 0.479. The van der Waals surface area contributed by atoms with E-state index < -0.39 is 5.41 Å². The number of benzene rings is 6. The first-order chi connectivity index (χ1) is 23.3. The lowest BCUT2D eigenvalue weighted by atomic mass is 9.67. The second kappa shape index (κ2) is 10.3. The highest BCUT2D eigenvalue weighted by Crippen LogP contribution is 2.63. The fourth-order valence-corrected chi connectivity index (χ4v) is 9.50. The Morgan fingerprint density at radius 2 is 1.02 bits per heavy atom. The molecule has 6 aromatic carbocycles. The Morgan fingerprint density at radius 3 is 1.66 bits per heavy atom. The molecule has 10 rings (SSSR count). The van der Waals surface area contributed by atoms with Gasteiger partial charge < -0.3 is 0 Å². The van der Waals surface area contributed by atoms with Crippen LogP contribution in [0.3, 0.4) is 0 Å². The molecule has 2 aromatic heterocycles. The van der Waals surface area contributed by atoms with E-state index in [1.165, 1.54) is 53.3 Å². The zero-order valence-corrected chi connectivity index (χ0v) is 26.7. The van der Waals surface area contributed by atoms with E-state index in [0.29, 0.717) is 17.5 Å². The molecular formula is C42H25N3S2. The van der Waals surface area contributed by atoms with Crippen molar-refractivity contribution in [1.29, 1.82) is 0 Å². The molecular weight excluding hydrogens is 611 g/mol. The van der Waals surface area contributed by atoms with Gasteiger partial charge in [0.25, 0.3) is 0 Å². The van der Waals surface area contributed by atoms with Crippen molar-refractivity contribution in [3.63, 3.8) is 0 Å². The van der Waals surface area contributed by atoms with Gasteiger partial charge in [-0.3, -0.25) is 0 Å². The van der Waals surface area contributed by atoms with Crippen LogP contribution in [0.4, 0.5) is 0 Å². The normalized spacial score (nSPS) is 13.6. The van der Waals surface area contributed by atoms with Crippen LogP contribution in [0.5, 0.6) is 0 Å². The lowest BCUT2D eigenvalue weighted by Gasteiger charge is -2.39. The Morgan fingerprint density at radius 1 is 0.447 bits per heavy atom. The highest BCUT2D eigenvalue weighted by Gasteiger charge is 2.50. The highest BCUT2D eigenvalue weighted by atomic mass is 32.2. The first-order valence-electron chi connectivity index (χ1n) is 15.7. The van der Waals surface area contributed by atoms with E-state index in [9.17, 15) is 0 Å². The predicted octanol–water partition coefficient (Wildman–Crippen LogP) is 10.9. The van der Waals surface area contributed by atoms with Crippen LogP contribution in [0.1, 0.15) is 22.3 Å². The van der Waals surface area contributed by atoms with Crippen LogP contribution >= 0.6 is 23.1 Å². The topological polar surface area (TPSA) is 38.7 Å². The smallest absolute Gasteiger partial charge is 0.164 e. The van der Waals surface area contributed by atoms with Crippen molar-refractivity contribution in [2.24, 2.45) is 0 Å². The molecule has 0 atom stereocenters. The van der Waals surface area contributed by atoms with Crippen molar-refractivity contribution in [2.45, 2.75) is 15.2 Å². The van der Waals surface area contributed by atoms with E-state index in [1.54, 1.807) is 11.3 Å². The van der Waals surface area contributed by atoms with Crippen LogP contribution in [0, 0.1) is 0 Å². The Bertz CT molecular complexity index is 2400. The molecule has 3 nitrogen and oxygen atoms in total. The number of hydrogen-bond acceptors (Lipinski definition) is 5. The van der Waals surface area contributed by atoms with Crippen LogP contribution in [0.25, 0.3) is 55.4 Å². The first-order valence-corrected chi connectivity index (χ1v) is 17.4. The molecule has 1 aliphatic heterocycles. The zero-order chi connectivity index (χ0) is 31.0. The maximum Gasteiger partial charge on any atom is 0.164 e. The van der Waals surface area contributed by atoms with E-state index in [2.05, 4.69) is 115 Å². The Kier molecular flexibility index (Phi) is 5.89. The van der Waals surface area contributed by atoms with Crippen LogP contribution in [-0.4, -0.2) is 15.0 Å². The Hall–Kier alpha value is -5.36. The minimum Gasteiger partial charge on any atom is -0.208 e. The lowest BCUT2D eigenvalue weighted by molar-refractivity contribution is 0.723. The summed E-state index contributed by atoms with van der Waals surface area (Å²) in [4.78, 5) is 17.8. The lowest BCUT2D eigenvalue weighted by Crippen LogP contribution is -2.32. The van der Waals surface area contributed by atoms with Crippen molar-refractivity contribution in [3.05, 3.63) is 173 Å². The van der Waals surface area contributed by atoms with Crippen LogP contribution < -0.4 is 0 Å². The van der Waals surface area contributed by atoms with Gasteiger partial charge in [-0.2, -0.15) is 0 Å². The first kappa shape index (κ1) is 26.8. The molecule has 0 bridgehead atoms. The number of hydrogen-bond donors (Lipinski definition) is 0. The number of rotatable bonds is 3. The molecule has 5 heteroatoms. The van der Waals surface area contributed by atoms with Gasteiger partial charge in [-0.1, -0.05) is 127 Å². The molecule has 0 N–H and O–H groups in total. The summed E-state index contributed by atoms with van der Waals surface area (Å²) in [6.45, 7) is 0. The minimum atomic E-state index is -0.479. The van der Waals surface area contributed by atoms with E-state index >= 15 is 0 Å². The van der Waals surface area contributed by atoms with E-state index in [1.807, 2.05) is 48.2 Å². The number of nitrogens with zero attached hydrogens (tertiary/aromatic N) is 3. The molecule has 3 heterocycles. The third-order valence-electron chi connectivity index (χ3n) is 9.49. The van der Waals surface area contributed by atoms with Crippen LogP contribution in [-0.2, 0) is 5.41 Å². The summed E-state index contributed by atoms with van der Waals surface area (Å²) in [5.74, 6) is 1.99. The maximum absolute atomic E-state index is 5.11. The van der Waals surface area contributed by atoms with Gasteiger partial charge in [0.1, 0.15) is 0 Å². The molecule has 0 saturated heterocycles. The van der Waals surface area contributed by atoms with E-state index in [-0.39, 0.29) is 0 Å². The molecule has 220 valence electrons. The van der Waals surface area contributed by atoms with Gasteiger partial charge in [0.15, 0.2) is 17.5 Å². The fourth-order valence-electron chi connectivity index (χ4n) is 7.52. The molecule has 0 fully saturated rings. The van der Waals surface area contributed by atoms with Crippen molar-refractivity contribution in [2.75, 3.05) is 0 Å². The van der Waals surface area contributed by atoms with Gasteiger partial charge >= 0.3 is 0 Å². The fraction of sp³-hybridized carbons (Fsp3) is 0.0238. The number of aromatic nitrogens is 3. The molecule has 0 amide bonds. The molecule has 2 aliphatic rings. The van der Waals surface area contributed by atoms with E-state index in [0.717, 1.165) is 16.7 Å². The Balaban J connectivity index is 1.29. The van der Waals surface area contributed by atoms with Crippen molar-refractivity contribution in [1.82, 2.24) is 15.0 Å². The highest BCUT2D eigenvalue weighted by molar-refractivity contribution is 7.99. The van der Waals surface area contributed by atoms with Crippen LogP contribution in [0.2, 0.25) is 0 Å². The Labute approximate surface area is 280 Å². The SMILES string of the molecule is c1ccc(-c2nc(-c3ccccc3)nc(-c3ccc4c(c3)C3(c5ccccc5Sc5ccccc53)c3ccc5sccc5c3-4)n2)cc1. The molecule has 0 saturated carbocycles. The standard InChI is InChI=1S/C42H25N3S2/c1-3-11-26(12-4-1)39-43-40(27-13-5-2-6-14-27)45-41(44-39)28-19-20-29-34(25-28)42(33-21-22-35-30(38(29)33)23-24-46-35)31-15-7-9-17-36(31)47-37-18-10-8-16-32(37)42/h1-25H. The van der Waals surface area contributed by atoms with E-state index in [4.69, 9.17) is 15.0 Å². The summed E-state index contributed by atoms with van der Waals surface area (Å²) < 4.78 is 1.31. The predicted molar refractivity (Wildman–Crippen MR) is 193 cm³/mol. The van der Waals surface area contributed by atoms with Gasteiger partial charge in [0, 0.05) is 36.6 Å². The summed E-state index contributed by atoms with van der Waals surface area (Å²) in [6.07, 6.45) is 0. The molecule has 0 radical (unpaired) electrons. The summed E-state index contributed by atoms with van der Waals surface area (Å²) in [5.41, 5.74) is 10.3. The third-order valence-corrected chi connectivity index (χ3v) is 11.5. The summed E-state index contributed by atoms with van der Waals surface area (Å²) in [6, 6.07) is 52.1. The summed E-state index contributed by atoms with van der Waals surface area (Å²) >= 11 is 3.67. The van der Waals surface area contributed by atoms with Crippen molar-refractivity contribution < 1.29 is 0 Å². The zero-order valence-electron chi connectivity index (χ0n) is 25.1. The quantitative estimate of drug-likeness (QED) is 0.194. The van der Waals surface area contributed by atoms with Gasteiger partial charge in [0.2, 0.25) is 0 Å². The second-order valence-corrected chi connectivity index (χ2v) is 14.0. The molecule has 47 heavy (non-hydrogen) atoms. The summed E-state index contributed by atoms with van der Waals surface area (Å²) in [7, 11) is 0. The molecule has 1 aliphatic carbocycles. The summed E-state index contributed by atoms with van der Waals surface area (Å²) in [5, 5.41) is 3.52. The third kappa shape index (κ3) is 3.91. The van der Waals surface area contributed by atoms with Gasteiger partial charge in [-0.05, 0) is 69.1 Å². The number of thiophene rings is 1.